The lowest BCUT2D eigenvalue weighted by Crippen LogP contribution is -2.47. The molecule has 0 atom stereocenters. The second kappa shape index (κ2) is 6.14. The van der Waals surface area contributed by atoms with Crippen molar-refractivity contribution in [2.24, 2.45) is 0 Å². The van der Waals surface area contributed by atoms with Gasteiger partial charge in [-0.05, 0) is 34.9 Å². The molecule has 25 heavy (non-hydrogen) atoms. The van der Waals surface area contributed by atoms with Crippen molar-refractivity contribution >= 4 is 34.3 Å². The Morgan fingerprint density at radius 1 is 1.24 bits per heavy atom. The first-order valence-corrected chi connectivity index (χ1v) is 8.85. The van der Waals surface area contributed by atoms with Gasteiger partial charge < -0.3 is 0 Å². The van der Waals surface area contributed by atoms with Crippen molar-refractivity contribution in [2.75, 3.05) is 0 Å². The molecule has 0 fully saturated rings. The number of fused-ring (bicyclic) bond motifs is 2. The van der Waals surface area contributed by atoms with Crippen LogP contribution in [0.3, 0.4) is 0 Å². The van der Waals surface area contributed by atoms with Gasteiger partial charge in [0.25, 0.3) is 5.56 Å². The summed E-state index contributed by atoms with van der Waals surface area (Å²) in [5, 5.41) is 14.5. The number of nitrogens with zero attached hydrogens (tertiary/aromatic N) is 2. The van der Waals surface area contributed by atoms with E-state index in [9.17, 15) is 4.79 Å². The SMILES string of the molecule is CCC=c1[nH]n2c(=N)c(=Cc3cccc4ccccc34)c(=O)nc-2s1. The summed E-state index contributed by atoms with van der Waals surface area (Å²) in [4.78, 5) is 16.6. The zero-order valence-electron chi connectivity index (χ0n) is 13.6. The van der Waals surface area contributed by atoms with Crippen molar-refractivity contribution < 1.29 is 0 Å². The van der Waals surface area contributed by atoms with Gasteiger partial charge in [0, 0.05) is 0 Å². The van der Waals surface area contributed by atoms with Gasteiger partial charge in [0.15, 0.2) is 5.49 Å². The molecule has 2 aromatic carbocycles. The van der Waals surface area contributed by atoms with E-state index in [0.29, 0.717) is 5.13 Å². The van der Waals surface area contributed by atoms with Crippen LogP contribution in [-0.4, -0.2) is 14.8 Å². The zero-order valence-corrected chi connectivity index (χ0v) is 14.4. The topological polar surface area (TPSA) is 74.5 Å². The Hall–Kier alpha value is -2.99. The van der Waals surface area contributed by atoms with Crippen LogP contribution in [0.25, 0.3) is 28.1 Å². The molecule has 0 aromatic heterocycles. The fraction of sp³-hybridized carbons (Fsp3) is 0.105. The highest BCUT2D eigenvalue weighted by Crippen LogP contribution is 2.18. The molecule has 0 radical (unpaired) electrons. The number of aromatic nitrogens is 3. The number of benzene rings is 2. The summed E-state index contributed by atoms with van der Waals surface area (Å²) >= 11 is 1.37. The molecule has 0 spiro atoms. The molecule has 6 heteroatoms. The third-order valence-corrected chi connectivity index (χ3v) is 4.97. The number of aromatic amines is 1. The van der Waals surface area contributed by atoms with Crippen molar-refractivity contribution in [3.63, 3.8) is 0 Å². The summed E-state index contributed by atoms with van der Waals surface area (Å²) in [6.45, 7) is 2.04. The monoisotopic (exact) mass is 348 g/mol. The van der Waals surface area contributed by atoms with Crippen LogP contribution in [0.2, 0.25) is 0 Å². The molecule has 2 aliphatic rings. The quantitative estimate of drug-likeness (QED) is 0.579. The van der Waals surface area contributed by atoms with Gasteiger partial charge in [-0.3, -0.25) is 15.3 Å². The van der Waals surface area contributed by atoms with E-state index in [1.807, 2.05) is 55.5 Å². The Morgan fingerprint density at radius 2 is 2.04 bits per heavy atom. The van der Waals surface area contributed by atoms with Gasteiger partial charge in [-0.15, -0.1) is 0 Å². The van der Waals surface area contributed by atoms with E-state index in [1.54, 1.807) is 10.8 Å². The molecule has 0 unspecified atom stereocenters. The Balaban J connectivity index is 2.05. The minimum absolute atomic E-state index is 0.120. The predicted octanol–water partition coefficient (Wildman–Crippen LogP) is 1.71. The van der Waals surface area contributed by atoms with E-state index in [2.05, 4.69) is 10.1 Å². The van der Waals surface area contributed by atoms with Crippen LogP contribution < -0.4 is 20.9 Å². The molecule has 0 aliphatic carbocycles. The van der Waals surface area contributed by atoms with Crippen LogP contribution in [0.1, 0.15) is 18.9 Å². The fourth-order valence-electron chi connectivity index (χ4n) is 2.85. The molecule has 2 aromatic rings. The first-order chi connectivity index (χ1) is 12.2. The van der Waals surface area contributed by atoms with Crippen molar-refractivity contribution in [3.05, 3.63) is 73.8 Å². The number of nitrogens with one attached hydrogen (secondary N) is 2. The van der Waals surface area contributed by atoms with Crippen molar-refractivity contribution in [1.29, 1.82) is 5.41 Å². The fourth-order valence-corrected chi connectivity index (χ4v) is 3.79. The van der Waals surface area contributed by atoms with E-state index in [-0.39, 0.29) is 16.3 Å². The average molecular weight is 348 g/mol. The summed E-state index contributed by atoms with van der Waals surface area (Å²) in [7, 11) is 0. The lowest BCUT2D eigenvalue weighted by Gasteiger charge is -2.03. The minimum atomic E-state index is -0.378. The van der Waals surface area contributed by atoms with Crippen LogP contribution in [0.4, 0.5) is 0 Å². The number of hydrogen-bond acceptors (Lipinski definition) is 4. The molecule has 4 rings (SSSR count). The summed E-state index contributed by atoms with van der Waals surface area (Å²) in [6, 6.07) is 13.9. The molecule has 0 amide bonds. The van der Waals surface area contributed by atoms with Crippen LogP contribution in [0.5, 0.6) is 0 Å². The van der Waals surface area contributed by atoms with E-state index < -0.39 is 0 Å². The van der Waals surface area contributed by atoms with Crippen molar-refractivity contribution in [1.82, 2.24) is 14.8 Å². The molecule has 2 aliphatic heterocycles. The zero-order chi connectivity index (χ0) is 17.4. The number of hydrogen-bond donors (Lipinski definition) is 2. The lowest BCUT2D eigenvalue weighted by molar-refractivity contribution is 0.750. The minimum Gasteiger partial charge on any atom is -0.282 e. The first-order valence-electron chi connectivity index (χ1n) is 8.03. The maximum absolute atomic E-state index is 12.5. The molecule has 0 saturated carbocycles. The smallest absolute Gasteiger partial charge is 0.282 e. The van der Waals surface area contributed by atoms with E-state index in [1.165, 1.54) is 11.3 Å². The van der Waals surface area contributed by atoms with Crippen LogP contribution in [-0.2, 0) is 0 Å². The largest absolute Gasteiger partial charge is 0.283 e. The highest BCUT2D eigenvalue weighted by Gasteiger charge is 2.10. The maximum Gasteiger partial charge on any atom is 0.283 e. The van der Waals surface area contributed by atoms with Gasteiger partial charge in [-0.2, -0.15) is 4.98 Å². The highest BCUT2D eigenvalue weighted by molar-refractivity contribution is 7.11. The van der Waals surface area contributed by atoms with Gasteiger partial charge in [-0.25, -0.2) is 4.68 Å². The molecule has 0 bridgehead atoms. The van der Waals surface area contributed by atoms with Crippen LogP contribution >= 0.6 is 11.3 Å². The first kappa shape index (κ1) is 15.5. The van der Waals surface area contributed by atoms with Gasteiger partial charge in [0.05, 0.1) is 5.22 Å². The second-order valence-corrected chi connectivity index (χ2v) is 6.71. The average Bonchev–Trinajstić information content (AvgIpc) is 3.01. The van der Waals surface area contributed by atoms with E-state index >= 15 is 0 Å². The summed E-state index contributed by atoms with van der Waals surface area (Å²) in [6.07, 6.45) is 4.63. The van der Waals surface area contributed by atoms with Gasteiger partial charge in [0.1, 0.15) is 4.66 Å². The predicted molar refractivity (Wildman–Crippen MR) is 101 cm³/mol. The summed E-state index contributed by atoms with van der Waals surface area (Å²) in [5.74, 6) is 0. The highest BCUT2D eigenvalue weighted by atomic mass is 32.1. The van der Waals surface area contributed by atoms with Gasteiger partial charge in [0.2, 0.25) is 5.13 Å². The molecular weight excluding hydrogens is 332 g/mol. The second-order valence-electron chi connectivity index (χ2n) is 5.70. The van der Waals surface area contributed by atoms with Gasteiger partial charge >= 0.3 is 0 Å². The van der Waals surface area contributed by atoms with E-state index in [4.69, 9.17) is 5.41 Å². The normalized spacial score (nSPS) is 13.2. The third-order valence-electron chi connectivity index (χ3n) is 4.03. The number of rotatable bonds is 2. The Morgan fingerprint density at radius 3 is 2.88 bits per heavy atom. The summed E-state index contributed by atoms with van der Waals surface area (Å²) < 4.78 is 2.45. The summed E-state index contributed by atoms with van der Waals surface area (Å²) in [5.41, 5.74) is 0.646. The molecule has 2 heterocycles. The van der Waals surface area contributed by atoms with Gasteiger partial charge in [-0.1, -0.05) is 60.7 Å². The lowest BCUT2D eigenvalue weighted by atomic mass is 10.0. The molecule has 2 N–H and O–H groups in total. The molecular formula is C19H16N4OS. The van der Waals surface area contributed by atoms with Crippen molar-refractivity contribution in [2.45, 2.75) is 13.3 Å². The standard InChI is InChI=1S/C19H16N4OS/c1-2-6-16-22-23-17(20)15(18(24)21-19(23)25-16)11-13-9-5-8-12-7-3-4-10-14(12)13/h3-11,20,22H,2H2,1H3. The molecule has 124 valence electrons. The Labute approximate surface area is 147 Å². The molecule has 0 saturated heterocycles. The molecule has 5 nitrogen and oxygen atoms in total. The maximum atomic E-state index is 12.5. The van der Waals surface area contributed by atoms with Crippen molar-refractivity contribution in [3.8, 4) is 5.13 Å². The third kappa shape index (κ3) is 2.70. The van der Waals surface area contributed by atoms with E-state index in [0.717, 1.165) is 27.4 Å². The van der Waals surface area contributed by atoms with Crippen LogP contribution in [0.15, 0.2) is 47.3 Å². The Kier molecular flexibility index (Phi) is 3.82. The van der Waals surface area contributed by atoms with Crippen LogP contribution in [0, 0.1) is 5.41 Å². The number of H-pyrrole nitrogens is 1. The Bertz CT molecular complexity index is 1270.